The first kappa shape index (κ1) is 13.8. The van der Waals surface area contributed by atoms with Crippen LogP contribution in [0, 0.1) is 5.92 Å². The van der Waals surface area contributed by atoms with Gasteiger partial charge in [0.15, 0.2) is 6.10 Å². The molecule has 2 saturated heterocycles. The van der Waals surface area contributed by atoms with Crippen molar-refractivity contribution in [3.8, 4) is 0 Å². The molecule has 18 heavy (non-hydrogen) atoms. The maximum absolute atomic E-state index is 11.6. The van der Waals surface area contributed by atoms with Gasteiger partial charge < -0.3 is 14.8 Å². The van der Waals surface area contributed by atoms with E-state index in [0.717, 1.165) is 26.2 Å². The van der Waals surface area contributed by atoms with Gasteiger partial charge >= 0.3 is 5.97 Å². The van der Waals surface area contributed by atoms with Gasteiger partial charge in [-0.15, -0.1) is 0 Å². The van der Waals surface area contributed by atoms with E-state index < -0.39 is 6.10 Å². The number of methoxy groups -OCH3 is 1. The summed E-state index contributed by atoms with van der Waals surface area (Å²) in [5, 5.41) is 3.43. The number of piperidine rings is 1. The fraction of sp³-hybridized carbons (Fsp3) is 0.923. The van der Waals surface area contributed by atoms with Crippen LogP contribution in [0.5, 0.6) is 0 Å². The number of nitrogens with one attached hydrogen (secondary N) is 1. The van der Waals surface area contributed by atoms with Crippen LogP contribution in [0.15, 0.2) is 0 Å². The predicted octanol–water partition coefficient (Wildman–Crippen LogP) is 0.248. The molecule has 2 aliphatic rings. The molecule has 2 aliphatic heterocycles. The summed E-state index contributed by atoms with van der Waals surface area (Å²) in [7, 11) is 1.42. The van der Waals surface area contributed by atoms with Gasteiger partial charge in [0.25, 0.3) is 0 Å². The highest BCUT2D eigenvalue weighted by Crippen LogP contribution is 2.17. The second kappa shape index (κ2) is 6.50. The van der Waals surface area contributed by atoms with Gasteiger partial charge in [0.2, 0.25) is 0 Å². The molecule has 0 amide bonds. The topological polar surface area (TPSA) is 50.8 Å². The zero-order valence-corrected chi connectivity index (χ0v) is 11.4. The summed E-state index contributed by atoms with van der Waals surface area (Å²) in [5.41, 5.74) is 0. The molecule has 5 heteroatoms. The van der Waals surface area contributed by atoms with E-state index in [2.05, 4.69) is 10.2 Å². The van der Waals surface area contributed by atoms with Gasteiger partial charge in [-0.3, -0.25) is 4.90 Å². The molecule has 0 bridgehead atoms. The van der Waals surface area contributed by atoms with Crippen molar-refractivity contribution >= 4 is 5.97 Å². The number of ether oxygens (including phenoxy) is 2. The fourth-order valence-electron chi connectivity index (χ4n) is 2.89. The van der Waals surface area contributed by atoms with Crippen LogP contribution in [0.3, 0.4) is 0 Å². The third-order valence-corrected chi connectivity index (χ3v) is 3.72. The Hall–Kier alpha value is -0.650. The number of carbonyl (C=O) groups excluding carboxylic acids is 1. The summed E-state index contributed by atoms with van der Waals surface area (Å²) in [4.78, 5) is 13.9. The van der Waals surface area contributed by atoms with E-state index in [1.165, 1.54) is 20.0 Å². The first-order chi connectivity index (χ1) is 8.69. The quantitative estimate of drug-likeness (QED) is 0.734. The van der Waals surface area contributed by atoms with Crippen LogP contribution in [-0.4, -0.2) is 62.9 Å². The second-order valence-electron chi connectivity index (χ2n) is 5.39. The molecule has 5 nitrogen and oxygen atoms in total. The largest absolute Gasteiger partial charge is 0.467 e. The summed E-state index contributed by atoms with van der Waals surface area (Å²) < 4.78 is 10.4. The van der Waals surface area contributed by atoms with Crippen LogP contribution in [0.2, 0.25) is 0 Å². The first-order valence-electron chi connectivity index (χ1n) is 6.85. The van der Waals surface area contributed by atoms with E-state index in [0.29, 0.717) is 12.5 Å². The molecule has 2 fully saturated rings. The van der Waals surface area contributed by atoms with E-state index in [9.17, 15) is 4.79 Å². The van der Waals surface area contributed by atoms with E-state index in [1.54, 1.807) is 0 Å². The lowest BCUT2D eigenvalue weighted by molar-refractivity contribution is -0.166. The second-order valence-corrected chi connectivity index (χ2v) is 5.39. The minimum atomic E-state index is -0.421. The Morgan fingerprint density at radius 2 is 2.33 bits per heavy atom. The average Bonchev–Trinajstić information content (AvgIpc) is 2.38. The van der Waals surface area contributed by atoms with E-state index in [1.807, 2.05) is 6.92 Å². The smallest absolute Gasteiger partial charge is 0.336 e. The van der Waals surface area contributed by atoms with Crippen LogP contribution in [0.1, 0.15) is 19.8 Å². The number of carbonyl (C=O) groups is 1. The van der Waals surface area contributed by atoms with Crippen LogP contribution in [0.4, 0.5) is 0 Å². The monoisotopic (exact) mass is 256 g/mol. The molecule has 0 saturated carbocycles. The summed E-state index contributed by atoms with van der Waals surface area (Å²) in [5.74, 6) is 0.440. The van der Waals surface area contributed by atoms with Gasteiger partial charge in [0.05, 0.1) is 13.2 Å². The highest BCUT2D eigenvalue weighted by atomic mass is 16.6. The Labute approximate surface area is 109 Å². The summed E-state index contributed by atoms with van der Waals surface area (Å²) in [6, 6.07) is 0. The zero-order valence-electron chi connectivity index (χ0n) is 11.4. The zero-order chi connectivity index (χ0) is 13.0. The molecule has 3 atom stereocenters. The van der Waals surface area contributed by atoms with Gasteiger partial charge in [-0.05, 0) is 38.8 Å². The van der Waals surface area contributed by atoms with Crippen LogP contribution in [-0.2, 0) is 14.3 Å². The number of rotatable bonds is 3. The average molecular weight is 256 g/mol. The van der Waals surface area contributed by atoms with E-state index in [4.69, 9.17) is 9.47 Å². The Bertz CT molecular complexity index is 279. The van der Waals surface area contributed by atoms with Gasteiger partial charge in [-0.1, -0.05) is 0 Å². The maximum Gasteiger partial charge on any atom is 0.336 e. The lowest BCUT2D eigenvalue weighted by atomic mass is 9.98. The third-order valence-electron chi connectivity index (χ3n) is 3.72. The number of nitrogens with zero attached hydrogens (tertiary/aromatic N) is 1. The summed E-state index contributed by atoms with van der Waals surface area (Å²) >= 11 is 0. The Morgan fingerprint density at radius 1 is 1.50 bits per heavy atom. The van der Waals surface area contributed by atoms with Crippen LogP contribution < -0.4 is 5.32 Å². The van der Waals surface area contributed by atoms with Crippen molar-refractivity contribution in [1.82, 2.24) is 10.2 Å². The molecule has 0 aromatic rings. The molecular weight excluding hydrogens is 232 g/mol. The molecule has 0 spiro atoms. The van der Waals surface area contributed by atoms with Crippen molar-refractivity contribution in [2.24, 2.45) is 5.92 Å². The van der Waals surface area contributed by atoms with Gasteiger partial charge in [0, 0.05) is 19.6 Å². The molecule has 1 unspecified atom stereocenters. The van der Waals surface area contributed by atoms with Crippen molar-refractivity contribution in [2.45, 2.75) is 32.0 Å². The summed E-state index contributed by atoms with van der Waals surface area (Å²) in [6.07, 6.45) is 2.21. The summed E-state index contributed by atoms with van der Waals surface area (Å²) in [6.45, 7) is 6.86. The van der Waals surface area contributed by atoms with Crippen molar-refractivity contribution in [2.75, 3.05) is 39.8 Å². The fourth-order valence-corrected chi connectivity index (χ4v) is 2.89. The highest BCUT2D eigenvalue weighted by Gasteiger charge is 2.32. The molecule has 104 valence electrons. The number of hydrogen-bond acceptors (Lipinski definition) is 5. The molecule has 0 aliphatic carbocycles. The van der Waals surface area contributed by atoms with Gasteiger partial charge in [0.1, 0.15) is 0 Å². The lowest BCUT2D eigenvalue weighted by Gasteiger charge is -2.38. The molecule has 0 aromatic heterocycles. The van der Waals surface area contributed by atoms with Crippen LogP contribution in [0.25, 0.3) is 0 Å². The van der Waals surface area contributed by atoms with E-state index in [-0.39, 0.29) is 12.1 Å². The van der Waals surface area contributed by atoms with Crippen molar-refractivity contribution in [3.05, 3.63) is 0 Å². The standard InChI is InChI=1S/C13H24N2O3/c1-10-7-15(8-11-4-3-5-14-6-11)9-12(18-10)13(16)17-2/h10-12,14H,3-9H2,1-2H3/t10-,11?,12-/m1/s1. The maximum atomic E-state index is 11.6. The Morgan fingerprint density at radius 3 is 3.00 bits per heavy atom. The van der Waals surface area contributed by atoms with Gasteiger partial charge in [-0.2, -0.15) is 0 Å². The molecule has 1 N–H and O–H groups in total. The Balaban J connectivity index is 1.85. The number of morpholine rings is 1. The normalized spacial score (nSPS) is 34.2. The van der Waals surface area contributed by atoms with Crippen molar-refractivity contribution in [3.63, 3.8) is 0 Å². The number of hydrogen-bond donors (Lipinski definition) is 1. The van der Waals surface area contributed by atoms with E-state index >= 15 is 0 Å². The van der Waals surface area contributed by atoms with Crippen LogP contribution >= 0.6 is 0 Å². The molecule has 0 aromatic carbocycles. The molecular formula is C13H24N2O3. The van der Waals surface area contributed by atoms with Gasteiger partial charge in [-0.25, -0.2) is 4.79 Å². The Kier molecular flexibility index (Phi) is 4.97. The molecule has 2 heterocycles. The van der Waals surface area contributed by atoms with Crippen molar-refractivity contribution < 1.29 is 14.3 Å². The van der Waals surface area contributed by atoms with Crippen molar-refractivity contribution in [1.29, 1.82) is 0 Å². The minimum absolute atomic E-state index is 0.0967. The minimum Gasteiger partial charge on any atom is -0.467 e. The lowest BCUT2D eigenvalue weighted by Crippen LogP contribution is -2.52. The SMILES string of the molecule is COC(=O)[C@H]1CN(CC2CCCNC2)C[C@@H](C)O1. The third kappa shape index (κ3) is 3.67. The molecule has 0 radical (unpaired) electrons. The highest BCUT2D eigenvalue weighted by molar-refractivity contribution is 5.74. The predicted molar refractivity (Wildman–Crippen MR) is 68.4 cm³/mol. The first-order valence-corrected chi connectivity index (χ1v) is 6.85. The number of esters is 1. The molecule has 2 rings (SSSR count).